The van der Waals surface area contributed by atoms with E-state index in [0.717, 1.165) is 0 Å². The fourth-order valence-electron chi connectivity index (χ4n) is 0.748. The predicted octanol–water partition coefficient (Wildman–Crippen LogP) is 0.837. The smallest absolute Gasteiger partial charge is 0.237 e. The molecule has 0 aromatic heterocycles. The molecule has 0 aliphatic rings. The van der Waals surface area contributed by atoms with Crippen molar-refractivity contribution in [3.63, 3.8) is 0 Å². The van der Waals surface area contributed by atoms with Crippen LogP contribution in [0.5, 0.6) is 0 Å². The van der Waals surface area contributed by atoms with Gasteiger partial charge in [-0.05, 0) is 12.2 Å². The van der Waals surface area contributed by atoms with Crippen LogP contribution in [-0.2, 0) is 4.79 Å². The van der Waals surface area contributed by atoms with Gasteiger partial charge in [-0.2, -0.15) is 11.8 Å². The quantitative estimate of drug-likeness (QED) is 0.697. The van der Waals surface area contributed by atoms with E-state index in [-0.39, 0.29) is 17.9 Å². The molecular formula is C9H20N2OS. The van der Waals surface area contributed by atoms with Gasteiger partial charge in [-0.1, -0.05) is 20.8 Å². The van der Waals surface area contributed by atoms with Crippen LogP contribution in [0.25, 0.3) is 0 Å². The number of rotatable bonds is 5. The van der Waals surface area contributed by atoms with E-state index in [4.69, 9.17) is 5.73 Å². The second kappa shape index (κ2) is 6.27. The normalized spacial score (nSPS) is 15.5. The van der Waals surface area contributed by atoms with Crippen LogP contribution in [0, 0.1) is 5.92 Å². The average Bonchev–Trinajstić information content (AvgIpc) is 2.11. The van der Waals surface area contributed by atoms with Gasteiger partial charge in [0.05, 0.1) is 6.04 Å². The Hall–Kier alpha value is -0.220. The van der Waals surface area contributed by atoms with Crippen LogP contribution in [0.2, 0.25) is 0 Å². The number of hydrogen-bond acceptors (Lipinski definition) is 3. The van der Waals surface area contributed by atoms with Crippen molar-refractivity contribution in [2.24, 2.45) is 11.7 Å². The molecule has 0 aromatic rings. The first kappa shape index (κ1) is 12.8. The Morgan fingerprint density at radius 2 is 2.00 bits per heavy atom. The van der Waals surface area contributed by atoms with Crippen molar-refractivity contribution in [1.29, 1.82) is 0 Å². The van der Waals surface area contributed by atoms with Crippen molar-refractivity contribution in [3.05, 3.63) is 0 Å². The van der Waals surface area contributed by atoms with Gasteiger partial charge in [0.2, 0.25) is 5.91 Å². The van der Waals surface area contributed by atoms with Gasteiger partial charge in [-0.15, -0.1) is 0 Å². The van der Waals surface area contributed by atoms with Gasteiger partial charge in [-0.3, -0.25) is 4.79 Å². The first-order valence-electron chi connectivity index (χ1n) is 4.55. The summed E-state index contributed by atoms with van der Waals surface area (Å²) in [7, 11) is 0. The first-order valence-corrected chi connectivity index (χ1v) is 5.84. The third-order valence-corrected chi connectivity index (χ3v) is 2.96. The van der Waals surface area contributed by atoms with E-state index in [2.05, 4.69) is 12.2 Å². The maximum atomic E-state index is 11.4. The minimum absolute atomic E-state index is 0.0455. The minimum Gasteiger partial charge on any atom is -0.354 e. The zero-order chi connectivity index (χ0) is 10.4. The molecule has 3 nitrogen and oxygen atoms in total. The molecule has 4 heteroatoms. The third kappa shape index (κ3) is 5.16. The molecule has 0 bridgehead atoms. The van der Waals surface area contributed by atoms with Crippen molar-refractivity contribution in [2.75, 3.05) is 12.8 Å². The Labute approximate surface area is 84.8 Å². The lowest BCUT2D eigenvalue weighted by atomic mass is 10.1. The summed E-state index contributed by atoms with van der Waals surface area (Å²) in [5.41, 5.74) is 5.67. The lowest BCUT2D eigenvalue weighted by Crippen LogP contribution is -2.45. The van der Waals surface area contributed by atoms with Gasteiger partial charge in [0.1, 0.15) is 0 Å². The Morgan fingerprint density at radius 1 is 1.46 bits per heavy atom. The molecule has 2 atom stereocenters. The third-order valence-electron chi connectivity index (χ3n) is 1.99. The van der Waals surface area contributed by atoms with E-state index in [0.29, 0.717) is 11.8 Å². The van der Waals surface area contributed by atoms with Crippen LogP contribution in [0.3, 0.4) is 0 Å². The van der Waals surface area contributed by atoms with E-state index in [1.807, 2.05) is 20.1 Å². The molecule has 0 fully saturated rings. The van der Waals surface area contributed by atoms with Crippen molar-refractivity contribution >= 4 is 17.7 Å². The van der Waals surface area contributed by atoms with Gasteiger partial charge in [0.15, 0.2) is 0 Å². The minimum atomic E-state index is -0.381. The van der Waals surface area contributed by atoms with Gasteiger partial charge in [0, 0.05) is 11.8 Å². The summed E-state index contributed by atoms with van der Waals surface area (Å²) in [6.07, 6.45) is 2.03. The maximum absolute atomic E-state index is 11.4. The average molecular weight is 204 g/mol. The number of carbonyl (C=O) groups is 1. The molecule has 78 valence electrons. The second-order valence-electron chi connectivity index (χ2n) is 3.56. The van der Waals surface area contributed by atoms with Crippen LogP contribution >= 0.6 is 11.8 Å². The fourth-order valence-corrected chi connectivity index (χ4v) is 0.998. The Kier molecular flexibility index (Phi) is 6.16. The Balaban J connectivity index is 3.74. The van der Waals surface area contributed by atoms with Gasteiger partial charge < -0.3 is 11.1 Å². The number of hydrogen-bond donors (Lipinski definition) is 2. The standard InChI is InChI=1S/C9H20N2OS/c1-6(2)8(10)9(12)11-5-7(3)13-4/h6-8H,5,10H2,1-4H3,(H,11,12). The number of amides is 1. The SMILES string of the molecule is CSC(C)CNC(=O)C(N)C(C)C. The molecule has 0 spiro atoms. The van der Waals surface area contributed by atoms with Gasteiger partial charge >= 0.3 is 0 Å². The highest BCUT2D eigenvalue weighted by atomic mass is 32.2. The van der Waals surface area contributed by atoms with E-state index in [9.17, 15) is 4.79 Å². The zero-order valence-electron chi connectivity index (χ0n) is 8.83. The zero-order valence-corrected chi connectivity index (χ0v) is 9.65. The number of thioether (sulfide) groups is 1. The highest BCUT2D eigenvalue weighted by Gasteiger charge is 2.16. The van der Waals surface area contributed by atoms with Crippen LogP contribution in [-0.4, -0.2) is 30.0 Å². The molecule has 0 heterocycles. The summed E-state index contributed by atoms with van der Waals surface area (Å²) in [5, 5.41) is 3.28. The molecule has 0 aromatic carbocycles. The predicted molar refractivity (Wildman–Crippen MR) is 58.8 cm³/mol. The summed E-state index contributed by atoms with van der Waals surface area (Å²) >= 11 is 1.73. The van der Waals surface area contributed by atoms with E-state index < -0.39 is 0 Å². The summed E-state index contributed by atoms with van der Waals surface area (Å²) in [4.78, 5) is 11.4. The van der Waals surface area contributed by atoms with E-state index >= 15 is 0 Å². The molecule has 0 saturated heterocycles. The van der Waals surface area contributed by atoms with Crippen LogP contribution in [0.1, 0.15) is 20.8 Å². The molecular weight excluding hydrogens is 184 g/mol. The molecule has 3 N–H and O–H groups in total. The lowest BCUT2D eigenvalue weighted by Gasteiger charge is -2.16. The molecule has 0 radical (unpaired) electrons. The largest absolute Gasteiger partial charge is 0.354 e. The Bertz CT molecular complexity index is 162. The summed E-state index contributed by atoms with van der Waals surface area (Å²) in [6, 6.07) is -0.381. The molecule has 0 aliphatic carbocycles. The van der Waals surface area contributed by atoms with Crippen molar-refractivity contribution < 1.29 is 4.79 Å². The summed E-state index contributed by atoms with van der Waals surface area (Å²) in [5.74, 6) is 0.153. The topological polar surface area (TPSA) is 55.1 Å². The van der Waals surface area contributed by atoms with Crippen LogP contribution in [0.4, 0.5) is 0 Å². The maximum Gasteiger partial charge on any atom is 0.237 e. The van der Waals surface area contributed by atoms with Gasteiger partial charge in [0.25, 0.3) is 0 Å². The molecule has 2 unspecified atom stereocenters. The summed E-state index contributed by atoms with van der Waals surface area (Å²) < 4.78 is 0. The number of nitrogens with one attached hydrogen (secondary N) is 1. The molecule has 0 aliphatic heterocycles. The van der Waals surface area contributed by atoms with E-state index in [1.54, 1.807) is 11.8 Å². The number of nitrogens with two attached hydrogens (primary N) is 1. The second-order valence-corrected chi connectivity index (χ2v) is 4.84. The number of carbonyl (C=O) groups excluding carboxylic acids is 1. The fraction of sp³-hybridized carbons (Fsp3) is 0.889. The molecule has 0 saturated carbocycles. The van der Waals surface area contributed by atoms with Crippen LogP contribution in [0.15, 0.2) is 0 Å². The van der Waals surface area contributed by atoms with Crippen molar-refractivity contribution in [3.8, 4) is 0 Å². The Morgan fingerprint density at radius 3 is 2.38 bits per heavy atom. The highest BCUT2D eigenvalue weighted by Crippen LogP contribution is 2.03. The molecule has 0 rings (SSSR count). The van der Waals surface area contributed by atoms with Crippen molar-refractivity contribution in [2.45, 2.75) is 32.1 Å². The van der Waals surface area contributed by atoms with E-state index in [1.165, 1.54) is 0 Å². The highest BCUT2D eigenvalue weighted by molar-refractivity contribution is 7.99. The first-order chi connectivity index (χ1) is 5.99. The summed E-state index contributed by atoms with van der Waals surface area (Å²) in [6.45, 7) is 6.66. The lowest BCUT2D eigenvalue weighted by molar-refractivity contribution is -0.123. The van der Waals surface area contributed by atoms with Gasteiger partial charge in [-0.25, -0.2) is 0 Å². The molecule has 13 heavy (non-hydrogen) atoms. The van der Waals surface area contributed by atoms with Crippen molar-refractivity contribution in [1.82, 2.24) is 5.32 Å². The monoisotopic (exact) mass is 204 g/mol. The van der Waals surface area contributed by atoms with Crippen LogP contribution < -0.4 is 11.1 Å². The molecule has 1 amide bonds.